The Kier molecular flexibility index (Phi) is 6.26. The van der Waals surface area contributed by atoms with Crippen LogP contribution in [-0.2, 0) is 13.5 Å². The van der Waals surface area contributed by atoms with Crippen molar-refractivity contribution >= 4 is 11.6 Å². The number of piperazine rings is 1. The van der Waals surface area contributed by atoms with Gasteiger partial charge in [0, 0.05) is 58.6 Å². The monoisotopic (exact) mass is 376 g/mol. The Morgan fingerprint density at radius 2 is 2.00 bits per heavy atom. The van der Waals surface area contributed by atoms with E-state index in [1.165, 1.54) is 12.1 Å². The van der Waals surface area contributed by atoms with Crippen LogP contribution in [0.2, 0.25) is 0 Å². The highest BCUT2D eigenvalue weighted by molar-refractivity contribution is 5.80. The Bertz CT molecular complexity index is 780. The van der Waals surface area contributed by atoms with Crippen molar-refractivity contribution in [2.24, 2.45) is 12.0 Å². The number of benzene rings is 1. The van der Waals surface area contributed by atoms with E-state index in [0.29, 0.717) is 38.4 Å². The summed E-state index contributed by atoms with van der Waals surface area (Å²) in [7, 11) is 1.90. The molecule has 1 aromatic heterocycles. The number of rotatable bonds is 5. The van der Waals surface area contributed by atoms with E-state index in [-0.39, 0.29) is 5.82 Å². The van der Waals surface area contributed by atoms with E-state index < -0.39 is 5.82 Å². The summed E-state index contributed by atoms with van der Waals surface area (Å²) in [5.41, 5.74) is 1.48. The van der Waals surface area contributed by atoms with E-state index in [1.807, 2.05) is 31.3 Å². The highest BCUT2D eigenvalue weighted by Gasteiger charge is 2.22. The number of hydrogen-bond acceptors (Lipinski definition) is 3. The van der Waals surface area contributed by atoms with Gasteiger partial charge >= 0.3 is 0 Å². The van der Waals surface area contributed by atoms with Gasteiger partial charge in [-0.25, -0.2) is 8.78 Å². The molecular formula is C19H26F2N6. The van der Waals surface area contributed by atoms with E-state index >= 15 is 0 Å². The van der Waals surface area contributed by atoms with E-state index in [4.69, 9.17) is 4.99 Å². The average Bonchev–Trinajstić information content (AvgIpc) is 3.08. The van der Waals surface area contributed by atoms with Crippen molar-refractivity contribution in [3.8, 4) is 0 Å². The van der Waals surface area contributed by atoms with E-state index in [9.17, 15) is 8.78 Å². The molecule has 0 bridgehead atoms. The first-order chi connectivity index (χ1) is 13.1. The van der Waals surface area contributed by atoms with Gasteiger partial charge < -0.3 is 15.1 Å². The normalized spacial score (nSPS) is 15.3. The molecule has 3 rings (SSSR count). The minimum atomic E-state index is -0.417. The third-order valence-corrected chi connectivity index (χ3v) is 4.58. The van der Waals surface area contributed by atoms with Crippen molar-refractivity contribution in [1.29, 1.82) is 0 Å². The number of aliphatic imine (C=N–C) groups is 1. The predicted octanol–water partition coefficient (Wildman–Crippen LogP) is 2.03. The lowest BCUT2D eigenvalue weighted by Crippen LogP contribution is -2.52. The van der Waals surface area contributed by atoms with Crippen molar-refractivity contribution in [2.75, 3.05) is 44.2 Å². The number of aromatic nitrogens is 2. The topological polar surface area (TPSA) is 48.7 Å². The summed E-state index contributed by atoms with van der Waals surface area (Å²) >= 11 is 0. The molecule has 1 aliphatic heterocycles. The van der Waals surface area contributed by atoms with Crippen LogP contribution in [0.5, 0.6) is 0 Å². The number of halogens is 2. The molecule has 0 saturated carbocycles. The summed E-state index contributed by atoms with van der Waals surface area (Å²) in [4.78, 5) is 8.76. The second-order valence-electron chi connectivity index (χ2n) is 6.58. The molecule has 1 N–H and O–H groups in total. The standard InChI is InChI=1S/C19H26F2N6/c1-3-22-19(23-7-6-15-13-24-25(2)14-15)27-10-8-26(9-11-27)18-12-16(20)4-5-17(18)21/h4-5,12-14H,3,6-11H2,1-2H3,(H,22,23). The molecule has 0 atom stereocenters. The van der Waals surface area contributed by atoms with Gasteiger partial charge in [-0.1, -0.05) is 0 Å². The minimum Gasteiger partial charge on any atom is -0.366 e. The molecule has 0 unspecified atom stereocenters. The molecule has 146 valence electrons. The Morgan fingerprint density at radius 1 is 1.22 bits per heavy atom. The van der Waals surface area contributed by atoms with Crippen LogP contribution >= 0.6 is 0 Å². The quantitative estimate of drug-likeness (QED) is 0.641. The van der Waals surface area contributed by atoms with Gasteiger partial charge in [-0.2, -0.15) is 5.10 Å². The van der Waals surface area contributed by atoms with Gasteiger partial charge in [0.25, 0.3) is 0 Å². The van der Waals surface area contributed by atoms with Gasteiger partial charge in [0.05, 0.1) is 11.9 Å². The first kappa shape index (κ1) is 19.1. The van der Waals surface area contributed by atoms with Gasteiger partial charge in [-0.3, -0.25) is 9.67 Å². The van der Waals surface area contributed by atoms with Crippen LogP contribution < -0.4 is 10.2 Å². The Morgan fingerprint density at radius 3 is 2.67 bits per heavy atom. The van der Waals surface area contributed by atoms with Gasteiger partial charge in [-0.15, -0.1) is 0 Å². The first-order valence-corrected chi connectivity index (χ1v) is 9.27. The second kappa shape index (κ2) is 8.83. The van der Waals surface area contributed by atoms with Crippen molar-refractivity contribution in [2.45, 2.75) is 13.3 Å². The second-order valence-corrected chi connectivity index (χ2v) is 6.58. The molecule has 0 spiro atoms. The van der Waals surface area contributed by atoms with Gasteiger partial charge in [-0.05, 0) is 31.0 Å². The molecule has 8 heteroatoms. The highest BCUT2D eigenvalue weighted by Crippen LogP contribution is 2.21. The summed E-state index contributed by atoms with van der Waals surface area (Å²) in [5, 5.41) is 7.49. The molecule has 27 heavy (non-hydrogen) atoms. The molecule has 0 amide bonds. The highest BCUT2D eigenvalue weighted by atomic mass is 19.1. The first-order valence-electron chi connectivity index (χ1n) is 9.27. The lowest BCUT2D eigenvalue weighted by molar-refractivity contribution is 0.370. The van der Waals surface area contributed by atoms with E-state index in [2.05, 4.69) is 15.3 Å². The van der Waals surface area contributed by atoms with Crippen molar-refractivity contribution < 1.29 is 8.78 Å². The summed E-state index contributed by atoms with van der Waals surface area (Å²) in [6.45, 7) is 6.14. The zero-order chi connectivity index (χ0) is 19.2. The maximum Gasteiger partial charge on any atom is 0.194 e. The fraction of sp³-hybridized carbons (Fsp3) is 0.474. The zero-order valence-corrected chi connectivity index (χ0v) is 15.8. The number of guanidine groups is 1. The summed E-state index contributed by atoms with van der Waals surface area (Å²) in [6, 6.07) is 3.59. The number of nitrogens with zero attached hydrogens (tertiary/aromatic N) is 5. The van der Waals surface area contributed by atoms with E-state index in [1.54, 1.807) is 4.68 Å². The van der Waals surface area contributed by atoms with Gasteiger partial charge in [0.15, 0.2) is 5.96 Å². The summed E-state index contributed by atoms with van der Waals surface area (Å²) in [5.74, 6) is 0.0572. The summed E-state index contributed by atoms with van der Waals surface area (Å²) < 4.78 is 29.2. The van der Waals surface area contributed by atoms with Gasteiger partial charge in [0.1, 0.15) is 11.6 Å². The minimum absolute atomic E-state index is 0.327. The van der Waals surface area contributed by atoms with Gasteiger partial charge in [0.2, 0.25) is 0 Å². The van der Waals surface area contributed by atoms with Crippen LogP contribution in [0.3, 0.4) is 0 Å². The van der Waals surface area contributed by atoms with Crippen LogP contribution in [0.1, 0.15) is 12.5 Å². The number of aryl methyl sites for hydroxylation is 1. The Balaban J connectivity index is 1.59. The molecule has 1 saturated heterocycles. The van der Waals surface area contributed by atoms with Crippen LogP contribution in [0.25, 0.3) is 0 Å². The number of anilines is 1. The molecule has 1 aromatic carbocycles. The number of nitrogens with one attached hydrogen (secondary N) is 1. The zero-order valence-electron chi connectivity index (χ0n) is 15.8. The van der Waals surface area contributed by atoms with Crippen molar-refractivity contribution in [1.82, 2.24) is 20.0 Å². The molecule has 1 aliphatic rings. The average molecular weight is 376 g/mol. The lowest BCUT2D eigenvalue weighted by Gasteiger charge is -2.37. The Hall–Kier alpha value is -2.64. The molecule has 2 heterocycles. The van der Waals surface area contributed by atoms with Crippen molar-refractivity contribution in [3.05, 3.63) is 47.8 Å². The Labute approximate surface area is 158 Å². The maximum absolute atomic E-state index is 14.0. The third kappa shape index (κ3) is 4.96. The molecule has 6 nitrogen and oxygen atoms in total. The fourth-order valence-corrected chi connectivity index (χ4v) is 3.21. The lowest BCUT2D eigenvalue weighted by atomic mass is 10.2. The number of hydrogen-bond donors (Lipinski definition) is 1. The third-order valence-electron chi connectivity index (χ3n) is 4.58. The van der Waals surface area contributed by atoms with Crippen LogP contribution in [0.4, 0.5) is 14.5 Å². The molecule has 1 fully saturated rings. The predicted molar refractivity (Wildman–Crippen MR) is 103 cm³/mol. The van der Waals surface area contributed by atoms with Crippen LogP contribution in [-0.4, -0.2) is 59.9 Å². The van der Waals surface area contributed by atoms with Crippen LogP contribution in [0, 0.1) is 11.6 Å². The SMILES string of the molecule is CCNC(=NCCc1cnn(C)c1)N1CCN(c2cc(F)ccc2F)CC1. The smallest absolute Gasteiger partial charge is 0.194 e. The van der Waals surface area contributed by atoms with Crippen molar-refractivity contribution in [3.63, 3.8) is 0 Å². The van der Waals surface area contributed by atoms with Crippen LogP contribution in [0.15, 0.2) is 35.6 Å². The fourth-order valence-electron chi connectivity index (χ4n) is 3.21. The largest absolute Gasteiger partial charge is 0.366 e. The molecule has 0 aliphatic carbocycles. The molecule has 2 aromatic rings. The van der Waals surface area contributed by atoms with E-state index in [0.717, 1.165) is 30.6 Å². The summed E-state index contributed by atoms with van der Waals surface area (Å²) in [6.07, 6.45) is 4.68. The molecular weight excluding hydrogens is 350 g/mol. The maximum atomic E-state index is 14.0. The molecule has 0 radical (unpaired) electrons.